The van der Waals surface area contributed by atoms with Gasteiger partial charge in [0.05, 0.1) is 10.6 Å². The molecule has 0 aromatic heterocycles. The van der Waals surface area contributed by atoms with Crippen LogP contribution in [0.25, 0.3) is 0 Å². The number of amides is 1. The topological polar surface area (TPSA) is 66.5 Å². The van der Waals surface area contributed by atoms with Crippen LogP contribution in [-0.2, 0) is 14.8 Å². The molecule has 3 rings (SSSR count). The number of sulfonamides is 1. The SMILES string of the molecule is Cc1ccc(N(CC(=O)NCCSc2ccccc2)S(=O)(=O)c2ccccc2)cc1C. The van der Waals surface area contributed by atoms with Gasteiger partial charge in [0.2, 0.25) is 5.91 Å². The molecule has 0 aliphatic carbocycles. The van der Waals surface area contributed by atoms with E-state index in [0.717, 1.165) is 16.0 Å². The fourth-order valence-corrected chi connectivity index (χ4v) is 5.20. The molecule has 3 aromatic rings. The average Bonchev–Trinajstić information content (AvgIpc) is 2.78. The maximum atomic E-state index is 13.3. The number of anilines is 1. The van der Waals surface area contributed by atoms with Gasteiger partial charge in [0.25, 0.3) is 10.0 Å². The first-order valence-electron chi connectivity index (χ1n) is 9.97. The molecule has 0 bridgehead atoms. The molecule has 0 spiro atoms. The molecule has 0 radical (unpaired) electrons. The Morgan fingerprint density at radius 1 is 0.903 bits per heavy atom. The third kappa shape index (κ3) is 6.12. The Hall–Kier alpha value is -2.77. The maximum Gasteiger partial charge on any atom is 0.264 e. The van der Waals surface area contributed by atoms with Gasteiger partial charge in [0, 0.05) is 17.2 Å². The van der Waals surface area contributed by atoms with E-state index in [1.54, 1.807) is 42.1 Å². The zero-order valence-electron chi connectivity index (χ0n) is 17.6. The van der Waals surface area contributed by atoms with E-state index >= 15 is 0 Å². The molecule has 1 amide bonds. The van der Waals surface area contributed by atoms with E-state index in [9.17, 15) is 13.2 Å². The maximum absolute atomic E-state index is 13.3. The van der Waals surface area contributed by atoms with Crippen molar-refractivity contribution < 1.29 is 13.2 Å². The summed E-state index contributed by atoms with van der Waals surface area (Å²) in [4.78, 5) is 13.9. The Kier molecular flexibility index (Phi) is 7.76. The second kappa shape index (κ2) is 10.5. The van der Waals surface area contributed by atoms with Gasteiger partial charge in [-0.05, 0) is 61.4 Å². The fraction of sp³-hybridized carbons (Fsp3) is 0.208. The number of nitrogens with zero attached hydrogens (tertiary/aromatic N) is 1. The molecular weight excluding hydrogens is 428 g/mol. The van der Waals surface area contributed by atoms with Crippen LogP contribution in [0.5, 0.6) is 0 Å². The predicted octanol–water partition coefficient (Wildman–Crippen LogP) is 4.41. The van der Waals surface area contributed by atoms with Gasteiger partial charge in [0.15, 0.2) is 0 Å². The Balaban J connectivity index is 1.73. The van der Waals surface area contributed by atoms with Gasteiger partial charge in [0.1, 0.15) is 6.54 Å². The number of rotatable bonds is 9. The van der Waals surface area contributed by atoms with Crippen molar-refractivity contribution in [2.24, 2.45) is 0 Å². The van der Waals surface area contributed by atoms with Crippen molar-refractivity contribution in [2.45, 2.75) is 23.6 Å². The van der Waals surface area contributed by atoms with Gasteiger partial charge < -0.3 is 5.32 Å². The minimum atomic E-state index is -3.89. The number of carbonyl (C=O) groups excluding carboxylic acids is 1. The van der Waals surface area contributed by atoms with Gasteiger partial charge in [-0.3, -0.25) is 9.10 Å². The van der Waals surface area contributed by atoms with E-state index in [4.69, 9.17) is 0 Å². The molecule has 0 unspecified atom stereocenters. The minimum Gasteiger partial charge on any atom is -0.354 e. The van der Waals surface area contributed by atoms with E-state index in [1.807, 2.05) is 50.2 Å². The van der Waals surface area contributed by atoms with Crippen molar-refractivity contribution in [1.29, 1.82) is 0 Å². The van der Waals surface area contributed by atoms with E-state index < -0.39 is 10.0 Å². The van der Waals surface area contributed by atoms with Crippen LogP contribution in [0.2, 0.25) is 0 Å². The summed E-state index contributed by atoms with van der Waals surface area (Å²) in [5.41, 5.74) is 2.49. The first-order valence-corrected chi connectivity index (χ1v) is 12.4. The van der Waals surface area contributed by atoms with E-state index in [-0.39, 0.29) is 17.3 Å². The Labute approximate surface area is 188 Å². The largest absolute Gasteiger partial charge is 0.354 e. The van der Waals surface area contributed by atoms with E-state index in [1.165, 1.54) is 16.4 Å². The normalized spacial score (nSPS) is 11.2. The lowest BCUT2D eigenvalue weighted by molar-refractivity contribution is -0.119. The Morgan fingerprint density at radius 3 is 2.19 bits per heavy atom. The summed E-state index contributed by atoms with van der Waals surface area (Å²) in [5, 5.41) is 2.84. The quantitative estimate of drug-likeness (QED) is 0.384. The molecule has 0 aliphatic rings. The third-order valence-electron chi connectivity index (χ3n) is 4.83. The summed E-state index contributed by atoms with van der Waals surface area (Å²) in [5.74, 6) is 0.358. The Morgan fingerprint density at radius 2 is 1.55 bits per heavy atom. The highest BCUT2D eigenvalue weighted by molar-refractivity contribution is 7.99. The number of nitrogens with one attached hydrogen (secondary N) is 1. The molecule has 0 aliphatic heterocycles. The zero-order chi connectivity index (χ0) is 22.3. The van der Waals surface area contributed by atoms with Crippen molar-refractivity contribution in [3.8, 4) is 0 Å². The number of carbonyl (C=O) groups is 1. The van der Waals surface area contributed by atoms with Gasteiger partial charge in [-0.2, -0.15) is 0 Å². The van der Waals surface area contributed by atoms with Crippen LogP contribution in [0.15, 0.2) is 88.7 Å². The molecule has 31 heavy (non-hydrogen) atoms. The van der Waals surface area contributed by atoms with Gasteiger partial charge >= 0.3 is 0 Å². The number of thioether (sulfide) groups is 1. The van der Waals surface area contributed by atoms with Crippen LogP contribution in [0, 0.1) is 13.8 Å². The first kappa shape index (κ1) is 22.9. The molecule has 0 atom stereocenters. The second-order valence-corrected chi connectivity index (χ2v) is 10.1. The van der Waals surface area contributed by atoms with Crippen LogP contribution in [-0.4, -0.2) is 33.2 Å². The number of aryl methyl sites for hydroxylation is 2. The molecule has 0 fully saturated rings. The standard InChI is InChI=1S/C24H26N2O3S2/c1-19-13-14-21(17-20(19)2)26(31(28,29)23-11-7-4-8-12-23)18-24(27)25-15-16-30-22-9-5-3-6-10-22/h3-14,17H,15-16,18H2,1-2H3,(H,25,27). The van der Waals surface area contributed by atoms with Crippen LogP contribution in [0.4, 0.5) is 5.69 Å². The minimum absolute atomic E-state index is 0.153. The first-order chi connectivity index (χ1) is 14.9. The highest BCUT2D eigenvalue weighted by atomic mass is 32.2. The van der Waals surface area contributed by atoms with Crippen LogP contribution in [0.3, 0.4) is 0 Å². The molecule has 7 heteroatoms. The van der Waals surface area contributed by atoms with Crippen molar-refractivity contribution in [2.75, 3.05) is 23.1 Å². The predicted molar refractivity (Wildman–Crippen MR) is 127 cm³/mol. The highest BCUT2D eigenvalue weighted by Gasteiger charge is 2.27. The smallest absolute Gasteiger partial charge is 0.264 e. The fourth-order valence-electron chi connectivity index (χ4n) is 2.98. The van der Waals surface area contributed by atoms with Crippen molar-refractivity contribution in [3.63, 3.8) is 0 Å². The van der Waals surface area contributed by atoms with Gasteiger partial charge in [-0.1, -0.05) is 42.5 Å². The number of benzene rings is 3. The number of hydrogen-bond acceptors (Lipinski definition) is 4. The summed E-state index contributed by atoms with van der Waals surface area (Å²) in [6.45, 7) is 4.06. The van der Waals surface area contributed by atoms with Crippen molar-refractivity contribution in [1.82, 2.24) is 5.32 Å². The van der Waals surface area contributed by atoms with Crippen molar-refractivity contribution in [3.05, 3.63) is 90.0 Å². The van der Waals surface area contributed by atoms with Crippen LogP contribution >= 0.6 is 11.8 Å². The molecular formula is C24H26N2O3S2. The van der Waals surface area contributed by atoms with Crippen LogP contribution < -0.4 is 9.62 Å². The molecule has 0 saturated carbocycles. The van der Waals surface area contributed by atoms with Crippen LogP contribution in [0.1, 0.15) is 11.1 Å². The van der Waals surface area contributed by atoms with Gasteiger partial charge in [-0.25, -0.2) is 8.42 Å². The summed E-state index contributed by atoms with van der Waals surface area (Å²) in [6.07, 6.45) is 0. The molecule has 162 valence electrons. The monoisotopic (exact) mass is 454 g/mol. The molecule has 0 saturated heterocycles. The van der Waals surface area contributed by atoms with Crippen molar-refractivity contribution >= 4 is 33.4 Å². The summed E-state index contributed by atoms with van der Waals surface area (Å²) in [6, 6.07) is 23.5. The highest BCUT2D eigenvalue weighted by Crippen LogP contribution is 2.25. The molecule has 0 heterocycles. The summed E-state index contributed by atoms with van der Waals surface area (Å²) < 4.78 is 27.8. The van der Waals surface area contributed by atoms with Gasteiger partial charge in [-0.15, -0.1) is 11.8 Å². The molecule has 3 aromatic carbocycles. The van der Waals surface area contributed by atoms with E-state index in [2.05, 4.69) is 5.32 Å². The lowest BCUT2D eigenvalue weighted by Gasteiger charge is -2.24. The lowest BCUT2D eigenvalue weighted by atomic mass is 10.1. The van der Waals surface area contributed by atoms with E-state index in [0.29, 0.717) is 18.0 Å². The third-order valence-corrected chi connectivity index (χ3v) is 7.63. The average molecular weight is 455 g/mol. The summed E-state index contributed by atoms with van der Waals surface area (Å²) >= 11 is 1.64. The second-order valence-electron chi connectivity index (χ2n) is 7.10. The molecule has 5 nitrogen and oxygen atoms in total. The Bertz CT molecular complexity index is 1120. The molecule has 1 N–H and O–H groups in total. The zero-order valence-corrected chi connectivity index (χ0v) is 19.2. The summed E-state index contributed by atoms with van der Waals surface area (Å²) in [7, 11) is -3.89. The lowest BCUT2D eigenvalue weighted by Crippen LogP contribution is -2.41. The number of hydrogen-bond donors (Lipinski definition) is 1.